The van der Waals surface area contributed by atoms with Crippen LogP contribution in [0.3, 0.4) is 0 Å². The van der Waals surface area contributed by atoms with E-state index < -0.39 is 38.9 Å². The van der Waals surface area contributed by atoms with Gasteiger partial charge in [-0.2, -0.15) is 17.5 Å². The Morgan fingerprint density at radius 3 is 2.57 bits per heavy atom. The lowest BCUT2D eigenvalue weighted by Crippen LogP contribution is -2.17. The Hall–Kier alpha value is -3.58. The smallest absolute Gasteiger partial charge is 0.418 e. The van der Waals surface area contributed by atoms with E-state index in [9.17, 15) is 26.4 Å². The second-order valence-electron chi connectivity index (χ2n) is 7.06. The number of para-hydroxylation sites is 1. The van der Waals surface area contributed by atoms with Crippen molar-refractivity contribution in [2.24, 2.45) is 10.7 Å². The largest absolute Gasteiger partial charge is 0.461 e. The summed E-state index contributed by atoms with van der Waals surface area (Å²) in [6, 6.07) is 10.6. The summed E-state index contributed by atoms with van der Waals surface area (Å²) in [5.74, 6) is -1.00. The Morgan fingerprint density at radius 2 is 1.91 bits per heavy atom. The number of ether oxygens (including phenoxy) is 1. The molecule has 8 nitrogen and oxygen atoms in total. The Labute approximate surface area is 203 Å². The van der Waals surface area contributed by atoms with Gasteiger partial charge in [-0.15, -0.1) is 0 Å². The zero-order valence-electron chi connectivity index (χ0n) is 18.4. The number of rotatable bonds is 7. The zero-order chi connectivity index (χ0) is 25.8. The monoisotopic (exact) mass is 524 g/mol. The summed E-state index contributed by atoms with van der Waals surface area (Å²) in [4.78, 5) is 20.4. The third kappa shape index (κ3) is 6.51. The van der Waals surface area contributed by atoms with Gasteiger partial charge < -0.3 is 10.5 Å². The molecule has 2 aromatic carbocycles. The first kappa shape index (κ1) is 26.0. The summed E-state index contributed by atoms with van der Waals surface area (Å²) in [5.41, 5.74) is 4.13. The van der Waals surface area contributed by atoms with Gasteiger partial charge in [0, 0.05) is 11.8 Å². The molecule has 2 N–H and O–H groups in total. The van der Waals surface area contributed by atoms with Gasteiger partial charge in [-0.1, -0.05) is 24.3 Å². The van der Waals surface area contributed by atoms with Crippen LogP contribution in [0.1, 0.15) is 18.3 Å². The second-order valence-corrected chi connectivity index (χ2v) is 9.82. The highest BCUT2D eigenvalue weighted by Crippen LogP contribution is 2.36. The Morgan fingerprint density at radius 1 is 1.20 bits per heavy atom. The Bertz CT molecular complexity index is 1410. The molecule has 35 heavy (non-hydrogen) atoms. The van der Waals surface area contributed by atoms with Gasteiger partial charge in [-0.3, -0.25) is 0 Å². The van der Waals surface area contributed by atoms with Crippen molar-refractivity contribution < 1.29 is 31.1 Å². The highest BCUT2D eigenvalue weighted by molar-refractivity contribution is 7.90. The summed E-state index contributed by atoms with van der Waals surface area (Å²) in [6.45, 7) is 1.60. The summed E-state index contributed by atoms with van der Waals surface area (Å²) in [7, 11) is -3.48. The first-order valence-electron chi connectivity index (χ1n) is 9.94. The van der Waals surface area contributed by atoms with E-state index in [4.69, 9.17) is 10.5 Å². The minimum Gasteiger partial charge on any atom is -0.461 e. The SMILES string of the molecule is CCOC(=O)C(N)=CC(=Nc1ccccc1C(F)(F)F)c1nsc(-c2cccc(S(C)(=O)=O)c2)n1. The first-order chi connectivity index (χ1) is 16.4. The van der Waals surface area contributed by atoms with Crippen molar-refractivity contribution in [2.45, 2.75) is 18.0 Å². The van der Waals surface area contributed by atoms with Gasteiger partial charge in [0.05, 0.1) is 22.8 Å². The molecule has 0 aliphatic heterocycles. The van der Waals surface area contributed by atoms with Crippen molar-refractivity contribution in [1.29, 1.82) is 0 Å². The average molecular weight is 525 g/mol. The van der Waals surface area contributed by atoms with Gasteiger partial charge >= 0.3 is 12.1 Å². The third-order valence-electron chi connectivity index (χ3n) is 4.42. The van der Waals surface area contributed by atoms with Crippen LogP contribution < -0.4 is 5.73 Å². The number of allylic oxidation sites excluding steroid dienone is 1. The molecule has 0 aliphatic carbocycles. The molecule has 0 saturated carbocycles. The molecule has 0 amide bonds. The van der Waals surface area contributed by atoms with Gasteiger partial charge in [-0.25, -0.2) is 23.2 Å². The van der Waals surface area contributed by atoms with E-state index in [0.29, 0.717) is 5.56 Å². The van der Waals surface area contributed by atoms with E-state index in [1.54, 1.807) is 13.0 Å². The predicted octanol–water partition coefficient (Wildman–Crippen LogP) is 4.15. The number of esters is 1. The van der Waals surface area contributed by atoms with E-state index in [1.807, 2.05) is 0 Å². The molecule has 1 heterocycles. The van der Waals surface area contributed by atoms with Crippen LogP contribution in [-0.2, 0) is 25.5 Å². The lowest BCUT2D eigenvalue weighted by atomic mass is 10.1. The predicted molar refractivity (Wildman–Crippen MR) is 125 cm³/mol. The number of aromatic nitrogens is 2. The molecule has 13 heteroatoms. The molecular weight excluding hydrogens is 505 g/mol. The fraction of sp³-hybridized carbons (Fsp3) is 0.182. The van der Waals surface area contributed by atoms with E-state index in [2.05, 4.69) is 14.3 Å². The number of alkyl halides is 3. The van der Waals surface area contributed by atoms with Crippen LogP contribution in [0.2, 0.25) is 0 Å². The van der Waals surface area contributed by atoms with Crippen molar-refractivity contribution in [2.75, 3.05) is 12.9 Å². The molecule has 0 bridgehead atoms. The minimum atomic E-state index is -4.69. The number of hydrogen-bond acceptors (Lipinski definition) is 9. The molecule has 0 aliphatic rings. The van der Waals surface area contributed by atoms with E-state index in [1.165, 1.54) is 30.3 Å². The summed E-state index contributed by atoms with van der Waals surface area (Å²) < 4.78 is 73.2. The fourth-order valence-electron chi connectivity index (χ4n) is 2.81. The standard InChI is InChI=1S/C22H19F3N4O4S2/c1-3-33-21(30)16(26)12-18(27-17-10-5-4-9-15(17)22(23,24)25)19-28-20(34-29-19)13-7-6-8-14(11-13)35(2,31)32/h4-12H,3,26H2,1-2H3. The summed E-state index contributed by atoms with van der Waals surface area (Å²) in [5, 5.41) is 0.283. The van der Waals surface area contributed by atoms with E-state index >= 15 is 0 Å². The van der Waals surface area contributed by atoms with Crippen LogP contribution in [0.25, 0.3) is 10.6 Å². The Kier molecular flexibility index (Phi) is 7.70. The molecular formula is C22H19F3N4O4S2. The number of aliphatic imine (C=N–C) groups is 1. The van der Waals surface area contributed by atoms with Gasteiger partial charge in [0.15, 0.2) is 15.7 Å². The van der Waals surface area contributed by atoms with Crippen LogP contribution in [0.4, 0.5) is 18.9 Å². The minimum absolute atomic E-state index is 0.0343. The number of benzene rings is 2. The number of sulfone groups is 1. The van der Waals surface area contributed by atoms with Crippen LogP contribution in [0.5, 0.6) is 0 Å². The topological polar surface area (TPSA) is 125 Å². The molecule has 0 atom stereocenters. The highest BCUT2D eigenvalue weighted by atomic mass is 32.2. The van der Waals surface area contributed by atoms with Crippen LogP contribution >= 0.6 is 11.5 Å². The number of hydrogen-bond donors (Lipinski definition) is 1. The summed E-state index contributed by atoms with van der Waals surface area (Å²) in [6.07, 6.45) is -2.60. The molecule has 0 fully saturated rings. The molecule has 0 spiro atoms. The number of carbonyl (C=O) groups excluding carboxylic acids is 1. The quantitative estimate of drug-likeness (QED) is 0.280. The molecule has 0 unspecified atom stereocenters. The number of nitrogens with zero attached hydrogens (tertiary/aromatic N) is 3. The maximum absolute atomic E-state index is 13.5. The van der Waals surface area contributed by atoms with Crippen LogP contribution in [-0.4, -0.2) is 42.3 Å². The summed E-state index contributed by atoms with van der Waals surface area (Å²) >= 11 is 0.871. The normalized spacial score (nSPS) is 13.1. The molecule has 3 aromatic rings. The lowest BCUT2D eigenvalue weighted by Gasteiger charge is -2.10. The number of nitrogens with two attached hydrogens (primary N) is 1. The van der Waals surface area contributed by atoms with Crippen LogP contribution in [0, 0.1) is 0 Å². The van der Waals surface area contributed by atoms with Gasteiger partial charge in [0.25, 0.3) is 0 Å². The van der Waals surface area contributed by atoms with Gasteiger partial charge in [0.1, 0.15) is 16.4 Å². The van der Waals surface area contributed by atoms with Crippen molar-refractivity contribution in [1.82, 2.24) is 9.36 Å². The van der Waals surface area contributed by atoms with Gasteiger partial charge in [0.2, 0.25) is 0 Å². The zero-order valence-corrected chi connectivity index (χ0v) is 20.0. The van der Waals surface area contributed by atoms with Crippen molar-refractivity contribution in [3.63, 3.8) is 0 Å². The first-order valence-corrected chi connectivity index (χ1v) is 12.6. The Balaban J connectivity index is 2.14. The number of carbonyl (C=O) groups is 1. The maximum atomic E-state index is 13.5. The van der Waals surface area contributed by atoms with Crippen molar-refractivity contribution >= 4 is 38.7 Å². The third-order valence-corrected chi connectivity index (χ3v) is 6.29. The lowest BCUT2D eigenvalue weighted by molar-refractivity contribution is -0.138. The van der Waals surface area contributed by atoms with Crippen LogP contribution in [0.15, 0.2) is 70.2 Å². The van der Waals surface area contributed by atoms with Crippen molar-refractivity contribution in [3.05, 3.63) is 71.7 Å². The van der Waals surface area contributed by atoms with E-state index in [0.717, 1.165) is 36.0 Å². The van der Waals surface area contributed by atoms with Crippen molar-refractivity contribution in [3.8, 4) is 10.6 Å². The highest BCUT2D eigenvalue weighted by Gasteiger charge is 2.33. The fourth-order valence-corrected chi connectivity index (χ4v) is 4.15. The molecule has 0 radical (unpaired) electrons. The van der Waals surface area contributed by atoms with Gasteiger partial charge in [-0.05, 0) is 48.8 Å². The molecule has 184 valence electrons. The number of halogens is 3. The molecule has 0 saturated heterocycles. The second kappa shape index (κ2) is 10.4. The average Bonchev–Trinajstić information content (AvgIpc) is 3.28. The molecule has 1 aromatic heterocycles. The molecule has 3 rings (SSSR count). The maximum Gasteiger partial charge on any atom is 0.418 e. The van der Waals surface area contributed by atoms with E-state index in [-0.39, 0.29) is 28.0 Å².